The minimum Gasteiger partial charge on any atom is -0.405 e. The van der Waals surface area contributed by atoms with Gasteiger partial charge < -0.3 is 15.0 Å². The molecular weight excluding hydrogens is 477 g/mol. The number of nitrogens with zero attached hydrogens (tertiary/aromatic N) is 2. The minimum absolute atomic E-state index is 0.0246. The molecular formula is C21H25F3N4O5S. The van der Waals surface area contributed by atoms with Gasteiger partial charge in [-0.05, 0) is 44.2 Å². The molecule has 0 bridgehead atoms. The normalized spacial score (nSPS) is 20.1. The van der Waals surface area contributed by atoms with Crippen LogP contribution in [0.2, 0.25) is 0 Å². The maximum atomic E-state index is 13.1. The van der Waals surface area contributed by atoms with E-state index in [0.717, 1.165) is 12.3 Å². The molecule has 3 rings (SSSR count). The van der Waals surface area contributed by atoms with Gasteiger partial charge in [0.25, 0.3) is 0 Å². The lowest BCUT2D eigenvalue weighted by Crippen LogP contribution is -2.64. The smallest absolute Gasteiger partial charge is 0.405 e. The first-order valence-corrected chi connectivity index (χ1v) is 12.6. The van der Waals surface area contributed by atoms with Crippen LogP contribution in [0.15, 0.2) is 18.2 Å². The number of sulfonamides is 1. The summed E-state index contributed by atoms with van der Waals surface area (Å²) in [4.78, 5) is 27.3. The Bertz CT molecular complexity index is 1100. The molecule has 1 heterocycles. The lowest BCUT2D eigenvalue weighted by molar-refractivity contribution is -0.274. The Balaban J connectivity index is 1.65. The van der Waals surface area contributed by atoms with Crippen molar-refractivity contribution in [2.45, 2.75) is 50.6 Å². The summed E-state index contributed by atoms with van der Waals surface area (Å²) in [5.41, 5.74) is -1.17. The molecule has 0 aromatic heterocycles. The van der Waals surface area contributed by atoms with Crippen LogP contribution in [-0.4, -0.2) is 56.4 Å². The van der Waals surface area contributed by atoms with E-state index in [2.05, 4.69) is 14.8 Å². The minimum atomic E-state index is -4.96. The van der Waals surface area contributed by atoms with E-state index in [1.807, 2.05) is 0 Å². The zero-order valence-corrected chi connectivity index (χ0v) is 19.3. The summed E-state index contributed by atoms with van der Waals surface area (Å²) >= 11 is 0. The number of ether oxygens (including phenoxy) is 1. The van der Waals surface area contributed by atoms with Gasteiger partial charge >= 0.3 is 6.36 Å². The standard InChI is InChI=1S/C21H25F3N4O5S/c1-34(31,32)27-20(7-3-8-20)19(30)28-9-2-4-16(13-28)18(29)26-12-15-6-5-14(11-25)10-17(15)33-21(22,23)24/h5-6,10,16,27H,2-4,7-9,12-13H2,1H3,(H,26,29)/t16-/m1/s1. The predicted molar refractivity (Wildman–Crippen MR) is 114 cm³/mol. The van der Waals surface area contributed by atoms with Crippen LogP contribution in [0.4, 0.5) is 13.2 Å². The molecule has 1 aliphatic carbocycles. The maximum Gasteiger partial charge on any atom is 0.573 e. The fraction of sp³-hybridized carbons (Fsp3) is 0.571. The third-order valence-corrected chi connectivity index (χ3v) is 6.71. The van der Waals surface area contributed by atoms with Crippen molar-refractivity contribution in [1.82, 2.24) is 14.9 Å². The number of alkyl halides is 3. The van der Waals surface area contributed by atoms with E-state index in [0.29, 0.717) is 38.6 Å². The summed E-state index contributed by atoms with van der Waals surface area (Å²) in [7, 11) is -3.61. The lowest BCUT2D eigenvalue weighted by Gasteiger charge is -2.45. The van der Waals surface area contributed by atoms with Crippen LogP contribution in [0.5, 0.6) is 5.75 Å². The van der Waals surface area contributed by atoms with Gasteiger partial charge in [0.1, 0.15) is 11.3 Å². The third kappa shape index (κ3) is 6.38. The number of halogens is 3. The topological polar surface area (TPSA) is 129 Å². The van der Waals surface area contributed by atoms with Crippen molar-refractivity contribution in [3.8, 4) is 11.8 Å². The van der Waals surface area contributed by atoms with Gasteiger partial charge in [-0.2, -0.15) is 9.98 Å². The van der Waals surface area contributed by atoms with E-state index in [1.165, 1.54) is 17.0 Å². The summed E-state index contributed by atoms with van der Waals surface area (Å²) < 4.78 is 68.1. The van der Waals surface area contributed by atoms with Gasteiger partial charge in [-0.3, -0.25) is 9.59 Å². The Hall–Kier alpha value is -2.85. The molecule has 1 aromatic carbocycles. The van der Waals surface area contributed by atoms with Crippen molar-refractivity contribution >= 4 is 21.8 Å². The first kappa shape index (κ1) is 25.8. The fourth-order valence-corrected chi connectivity index (χ4v) is 5.24. The fourth-order valence-electron chi connectivity index (χ4n) is 4.24. The molecule has 2 N–H and O–H groups in total. The Morgan fingerprint density at radius 2 is 2.00 bits per heavy atom. The van der Waals surface area contributed by atoms with Gasteiger partial charge in [0.05, 0.1) is 23.8 Å². The number of hydrogen-bond donors (Lipinski definition) is 2. The first-order chi connectivity index (χ1) is 15.8. The number of nitriles is 1. The second-order valence-corrected chi connectivity index (χ2v) is 10.3. The molecule has 0 spiro atoms. The molecule has 2 amide bonds. The van der Waals surface area contributed by atoms with Crippen molar-refractivity contribution in [1.29, 1.82) is 5.26 Å². The van der Waals surface area contributed by atoms with Gasteiger partial charge in [0.2, 0.25) is 21.8 Å². The van der Waals surface area contributed by atoms with Gasteiger partial charge in [0, 0.05) is 25.2 Å². The molecule has 2 aliphatic rings. The summed E-state index contributed by atoms with van der Waals surface area (Å²) in [5, 5.41) is 11.5. The maximum absolute atomic E-state index is 13.1. The average molecular weight is 503 g/mol. The van der Waals surface area contributed by atoms with Crippen molar-refractivity contribution in [3.05, 3.63) is 29.3 Å². The monoisotopic (exact) mass is 502 g/mol. The molecule has 186 valence electrons. The second kappa shape index (κ2) is 9.79. The van der Waals surface area contributed by atoms with Crippen LogP contribution >= 0.6 is 0 Å². The molecule has 0 radical (unpaired) electrons. The summed E-state index contributed by atoms with van der Waals surface area (Å²) in [6.07, 6.45) is -1.50. The molecule has 13 heteroatoms. The van der Waals surface area contributed by atoms with E-state index in [-0.39, 0.29) is 30.1 Å². The van der Waals surface area contributed by atoms with Crippen LogP contribution in [0, 0.1) is 17.2 Å². The van der Waals surface area contributed by atoms with Crippen molar-refractivity contribution in [2.24, 2.45) is 5.92 Å². The number of carbonyl (C=O) groups is 2. The Morgan fingerprint density at radius 3 is 2.56 bits per heavy atom. The Morgan fingerprint density at radius 1 is 1.29 bits per heavy atom. The highest BCUT2D eigenvalue weighted by molar-refractivity contribution is 7.88. The van der Waals surface area contributed by atoms with E-state index in [1.54, 1.807) is 6.07 Å². The molecule has 1 saturated carbocycles. The highest BCUT2D eigenvalue weighted by Gasteiger charge is 2.49. The number of nitrogens with one attached hydrogen (secondary N) is 2. The molecule has 0 unspecified atom stereocenters. The van der Waals surface area contributed by atoms with Crippen molar-refractivity contribution < 1.29 is 35.9 Å². The predicted octanol–water partition coefficient (Wildman–Crippen LogP) is 1.78. The third-order valence-electron chi connectivity index (χ3n) is 5.95. The number of piperidine rings is 1. The van der Waals surface area contributed by atoms with Crippen molar-refractivity contribution in [3.63, 3.8) is 0 Å². The largest absolute Gasteiger partial charge is 0.573 e. The van der Waals surface area contributed by atoms with Crippen LogP contribution in [0.25, 0.3) is 0 Å². The molecule has 2 fully saturated rings. The number of amides is 2. The quantitative estimate of drug-likeness (QED) is 0.585. The highest BCUT2D eigenvalue weighted by atomic mass is 32.2. The Kier molecular flexibility index (Phi) is 7.42. The molecule has 1 saturated heterocycles. The zero-order valence-electron chi connectivity index (χ0n) is 18.4. The van der Waals surface area contributed by atoms with E-state index >= 15 is 0 Å². The molecule has 34 heavy (non-hydrogen) atoms. The molecule has 1 atom stereocenters. The molecule has 1 aliphatic heterocycles. The number of hydrogen-bond acceptors (Lipinski definition) is 6. The van der Waals surface area contributed by atoms with E-state index in [9.17, 15) is 31.2 Å². The zero-order chi connectivity index (χ0) is 25.1. The second-order valence-electron chi connectivity index (χ2n) is 8.60. The van der Waals surface area contributed by atoms with Crippen LogP contribution < -0.4 is 14.8 Å². The number of rotatable bonds is 7. The first-order valence-electron chi connectivity index (χ1n) is 10.7. The molecule has 9 nitrogen and oxygen atoms in total. The van der Waals surface area contributed by atoms with Crippen LogP contribution in [0.3, 0.4) is 0 Å². The van der Waals surface area contributed by atoms with E-state index < -0.39 is 39.5 Å². The number of carbonyl (C=O) groups excluding carboxylic acids is 2. The van der Waals surface area contributed by atoms with Gasteiger partial charge in [0.15, 0.2) is 0 Å². The van der Waals surface area contributed by atoms with Gasteiger partial charge in [-0.15, -0.1) is 13.2 Å². The van der Waals surface area contributed by atoms with Gasteiger partial charge in [-0.25, -0.2) is 8.42 Å². The van der Waals surface area contributed by atoms with Crippen LogP contribution in [-0.2, 0) is 26.2 Å². The summed E-state index contributed by atoms with van der Waals surface area (Å²) in [6, 6.07) is 5.27. The highest BCUT2D eigenvalue weighted by Crippen LogP contribution is 2.35. The molecule has 1 aromatic rings. The Labute approximate surface area is 195 Å². The number of benzene rings is 1. The number of likely N-dealkylation sites (tertiary alicyclic amines) is 1. The SMILES string of the molecule is CS(=O)(=O)NC1(C(=O)N2CCC[C@@H](C(=O)NCc3ccc(C#N)cc3OC(F)(F)F)C2)CCC1. The van der Waals surface area contributed by atoms with Crippen LogP contribution in [0.1, 0.15) is 43.2 Å². The summed E-state index contributed by atoms with van der Waals surface area (Å²) in [5.74, 6) is -1.99. The van der Waals surface area contributed by atoms with Gasteiger partial charge in [-0.1, -0.05) is 6.07 Å². The summed E-state index contributed by atoms with van der Waals surface area (Å²) in [6.45, 7) is 0.201. The average Bonchev–Trinajstić information content (AvgIpc) is 2.73. The van der Waals surface area contributed by atoms with E-state index in [4.69, 9.17) is 5.26 Å². The lowest BCUT2D eigenvalue weighted by atomic mass is 9.76. The van der Waals surface area contributed by atoms with Crippen molar-refractivity contribution in [2.75, 3.05) is 19.3 Å².